The number of hydrogen-bond acceptors (Lipinski definition) is 5. The molecule has 1 saturated carbocycles. The zero-order chi connectivity index (χ0) is 25.2. The molecule has 0 aliphatic heterocycles. The number of rotatable bonds is 8. The summed E-state index contributed by atoms with van der Waals surface area (Å²) in [5.74, 6) is 0.137. The fourth-order valence-electron chi connectivity index (χ4n) is 5.37. The lowest BCUT2D eigenvalue weighted by Crippen LogP contribution is -2.31. The Morgan fingerprint density at radius 3 is 2.68 bits per heavy atom. The van der Waals surface area contributed by atoms with Gasteiger partial charge in [0.25, 0.3) is 0 Å². The number of carboxylic acids is 1. The number of carbonyl (C=O) groups is 1. The standard InChI is InChI=1S/C27H36N2O4S/c1-6-16(2)23(18-8-7-9-22(24(18)28)33-12-13-34)20-14-21(30)19(26(31)32)15-29(20)25-17(3)10-11-27(25,4)5/h7-9,14-17,25,28,34H,6,10-13H2,1-5H3,(H,31,32)/b23-18+,28-24?. The SMILES string of the molecule is CCC(C)/C(=C1/C=CC=C(OCCS)C1=N)c1cc(=O)c(C(=O)O)cn1C1C(C)CCC1(C)C. The number of aromatic nitrogens is 1. The van der Waals surface area contributed by atoms with Crippen molar-refractivity contribution >= 4 is 29.9 Å². The third-order valence-corrected chi connectivity index (χ3v) is 7.42. The van der Waals surface area contributed by atoms with Crippen LogP contribution in [0.2, 0.25) is 0 Å². The van der Waals surface area contributed by atoms with Crippen LogP contribution in [0, 0.1) is 22.7 Å². The Morgan fingerprint density at radius 2 is 2.12 bits per heavy atom. The van der Waals surface area contributed by atoms with E-state index in [1.54, 1.807) is 6.08 Å². The Labute approximate surface area is 207 Å². The number of thiol groups is 1. The van der Waals surface area contributed by atoms with Gasteiger partial charge in [-0.2, -0.15) is 12.6 Å². The normalized spacial score (nSPS) is 24.1. The molecule has 184 valence electrons. The van der Waals surface area contributed by atoms with E-state index in [-0.39, 0.29) is 28.6 Å². The molecule has 1 fully saturated rings. The molecule has 6 nitrogen and oxygen atoms in total. The van der Waals surface area contributed by atoms with E-state index in [1.807, 2.05) is 16.7 Å². The Kier molecular flexibility index (Phi) is 7.96. The lowest BCUT2D eigenvalue weighted by atomic mass is 9.82. The van der Waals surface area contributed by atoms with Crippen molar-refractivity contribution in [2.24, 2.45) is 17.3 Å². The number of ether oxygens (including phenoxy) is 1. The largest absolute Gasteiger partial charge is 0.490 e. The molecule has 3 rings (SSSR count). The lowest BCUT2D eigenvalue weighted by molar-refractivity contribution is 0.0693. The first-order valence-electron chi connectivity index (χ1n) is 12.0. The first-order chi connectivity index (χ1) is 16.0. The Hall–Kier alpha value is -2.54. The molecule has 2 aliphatic rings. The number of carboxylic acid groups (broad SMARTS) is 1. The van der Waals surface area contributed by atoms with E-state index in [0.29, 0.717) is 35.3 Å². The van der Waals surface area contributed by atoms with Gasteiger partial charge in [-0.1, -0.05) is 46.8 Å². The number of hydrogen-bond donors (Lipinski definition) is 3. The molecule has 3 atom stereocenters. The third kappa shape index (κ3) is 4.95. The molecule has 1 aromatic rings. The van der Waals surface area contributed by atoms with Gasteiger partial charge in [-0.05, 0) is 48.2 Å². The minimum Gasteiger partial charge on any atom is -0.490 e. The second kappa shape index (κ2) is 10.4. The quantitative estimate of drug-likeness (QED) is 0.409. The van der Waals surface area contributed by atoms with Crippen LogP contribution < -0.4 is 5.43 Å². The molecule has 1 heterocycles. The van der Waals surface area contributed by atoms with Gasteiger partial charge in [0.05, 0.1) is 6.61 Å². The van der Waals surface area contributed by atoms with E-state index in [0.717, 1.165) is 24.8 Å². The molecular formula is C27H36N2O4S. The van der Waals surface area contributed by atoms with Crippen molar-refractivity contribution < 1.29 is 14.6 Å². The van der Waals surface area contributed by atoms with E-state index in [1.165, 1.54) is 12.3 Å². The predicted octanol–water partition coefficient (Wildman–Crippen LogP) is 5.76. The zero-order valence-corrected chi connectivity index (χ0v) is 21.6. The van der Waals surface area contributed by atoms with E-state index in [4.69, 9.17) is 10.1 Å². The fraction of sp³-hybridized carbons (Fsp3) is 0.519. The van der Waals surface area contributed by atoms with E-state index >= 15 is 0 Å². The first-order valence-corrected chi connectivity index (χ1v) is 12.6. The minimum atomic E-state index is -1.22. The Balaban J connectivity index is 2.33. The molecule has 0 saturated heterocycles. The van der Waals surface area contributed by atoms with Crippen LogP contribution in [-0.4, -0.2) is 33.7 Å². The van der Waals surface area contributed by atoms with E-state index < -0.39 is 11.4 Å². The highest BCUT2D eigenvalue weighted by molar-refractivity contribution is 7.80. The number of nitrogens with zero attached hydrogens (tertiary/aromatic N) is 1. The molecule has 0 amide bonds. The molecule has 2 aliphatic carbocycles. The third-order valence-electron chi connectivity index (χ3n) is 7.24. The minimum absolute atomic E-state index is 0.0260. The fourth-order valence-corrected chi connectivity index (χ4v) is 5.47. The van der Waals surface area contributed by atoms with Crippen LogP contribution in [0.25, 0.3) is 5.57 Å². The number of nitrogens with one attached hydrogen (secondary N) is 1. The summed E-state index contributed by atoms with van der Waals surface area (Å²) in [5, 5.41) is 18.6. The van der Waals surface area contributed by atoms with Gasteiger partial charge in [-0.15, -0.1) is 0 Å². The smallest absolute Gasteiger partial charge is 0.341 e. The second-order valence-electron chi connectivity index (χ2n) is 10.1. The molecule has 0 radical (unpaired) electrons. The number of aromatic carboxylic acids is 1. The highest BCUT2D eigenvalue weighted by atomic mass is 32.1. The zero-order valence-electron chi connectivity index (χ0n) is 20.7. The van der Waals surface area contributed by atoms with Crippen LogP contribution in [0.3, 0.4) is 0 Å². The maximum Gasteiger partial charge on any atom is 0.341 e. The van der Waals surface area contributed by atoms with Crippen LogP contribution in [-0.2, 0) is 4.74 Å². The Bertz CT molecular complexity index is 1130. The second-order valence-corrected chi connectivity index (χ2v) is 10.5. The van der Waals surface area contributed by atoms with Crippen molar-refractivity contribution in [1.29, 1.82) is 5.41 Å². The van der Waals surface area contributed by atoms with Crippen molar-refractivity contribution in [3.8, 4) is 0 Å². The maximum absolute atomic E-state index is 12.9. The van der Waals surface area contributed by atoms with Gasteiger partial charge in [-0.3, -0.25) is 10.2 Å². The van der Waals surface area contributed by atoms with Crippen LogP contribution >= 0.6 is 12.6 Å². The number of allylic oxidation sites excluding steroid dienone is 5. The topological polar surface area (TPSA) is 92.4 Å². The van der Waals surface area contributed by atoms with Gasteiger partial charge >= 0.3 is 5.97 Å². The molecule has 2 N–H and O–H groups in total. The van der Waals surface area contributed by atoms with Gasteiger partial charge in [0.2, 0.25) is 0 Å². The molecule has 1 aromatic heterocycles. The van der Waals surface area contributed by atoms with Crippen molar-refractivity contribution in [2.45, 2.75) is 59.9 Å². The average molecular weight is 485 g/mol. The van der Waals surface area contributed by atoms with Gasteiger partial charge in [0.1, 0.15) is 17.0 Å². The van der Waals surface area contributed by atoms with E-state index in [9.17, 15) is 14.7 Å². The summed E-state index contributed by atoms with van der Waals surface area (Å²) in [4.78, 5) is 24.8. The molecular weight excluding hydrogens is 448 g/mol. The van der Waals surface area contributed by atoms with Gasteiger partial charge < -0.3 is 14.4 Å². The highest BCUT2D eigenvalue weighted by Crippen LogP contribution is 2.50. The average Bonchev–Trinajstić information content (AvgIpc) is 3.06. The summed E-state index contributed by atoms with van der Waals surface area (Å²) in [6, 6.07) is 1.49. The van der Waals surface area contributed by atoms with Gasteiger partial charge in [0.15, 0.2) is 5.43 Å². The van der Waals surface area contributed by atoms with Gasteiger partial charge in [-0.25, -0.2) is 4.79 Å². The number of pyridine rings is 1. The molecule has 3 unspecified atom stereocenters. The maximum atomic E-state index is 12.9. The van der Waals surface area contributed by atoms with Crippen LogP contribution in [0.15, 0.2) is 46.6 Å². The van der Waals surface area contributed by atoms with E-state index in [2.05, 4.69) is 47.2 Å². The first kappa shape index (κ1) is 26.1. The lowest BCUT2D eigenvalue weighted by Gasteiger charge is -2.36. The summed E-state index contributed by atoms with van der Waals surface area (Å²) in [6.07, 6.45) is 9.90. The molecule has 34 heavy (non-hydrogen) atoms. The summed E-state index contributed by atoms with van der Waals surface area (Å²) in [5.41, 5.74) is 1.71. The highest BCUT2D eigenvalue weighted by Gasteiger charge is 2.42. The summed E-state index contributed by atoms with van der Waals surface area (Å²) in [6.45, 7) is 11.1. The predicted molar refractivity (Wildman–Crippen MR) is 140 cm³/mol. The van der Waals surface area contributed by atoms with Crippen molar-refractivity contribution in [2.75, 3.05) is 12.4 Å². The van der Waals surface area contributed by atoms with Crippen molar-refractivity contribution in [3.63, 3.8) is 0 Å². The summed E-state index contributed by atoms with van der Waals surface area (Å²) >= 11 is 4.20. The van der Waals surface area contributed by atoms with Crippen LogP contribution in [0.1, 0.15) is 76.0 Å². The van der Waals surface area contributed by atoms with Crippen LogP contribution in [0.4, 0.5) is 0 Å². The van der Waals surface area contributed by atoms with Crippen molar-refractivity contribution in [1.82, 2.24) is 4.57 Å². The van der Waals surface area contributed by atoms with Crippen LogP contribution in [0.5, 0.6) is 0 Å². The molecule has 0 bridgehead atoms. The monoisotopic (exact) mass is 484 g/mol. The molecule has 7 heteroatoms. The molecule has 0 spiro atoms. The van der Waals surface area contributed by atoms with Crippen molar-refractivity contribution in [3.05, 3.63) is 63.3 Å². The molecule has 0 aromatic carbocycles. The van der Waals surface area contributed by atoms with Gasteiger partial charge in [0, 0.05) is 35.3 Å². The summed E-state index contributed by atoms with van der Waals surface area (Å²) in [7, 11) is 0. The summed E-state index contributed by atoms with van der Waals surface area (Å²) < 4.78 is 7.78. The Morgan fingerprint density at radius 1 is 1.41 bits per heavy atom.